The lowest BCUT2D eigenvalue weighted by atomic mass is 9.81. The van der Waals surface area contributed by atoms with E-state index in [0.717, 1.165) is 19.3 Å². The van der Waals surface area contributed by atoms with E-state index >= 15 is 0 Å². The first-order valence-electron chi connectivity index (χ1n) is 7.69. The van der Waals surface area contributed by atoms with Crippen molar-refractivity contribution in [3.8, 4) is 0 Å². The summed E-state index contributed by atoms with van der Waals surface area (Å²) in [6, 6.07) is 0.294. The molecule has 0 aliphatic heterocycles. The molecule has 18 heavy (non-hydrogen) atoms. The van der Waals surface area contributed by atoms with Gasteiger partial charge in [0, 0.05) is 7.11 Å². The zero-order valence-corrected chi connectivity index (χ0v) is 12.5. The van der Waals surface area contributed by atoms with Gasteiger partial charge in [-0.3, -0.25) is 11.3 Å². The highest BCUT2D eigenvalue weighted by molar-refractivity contribution is 4.94. The molecule has 1 aliphatic rings. The van der Waals surface area contributed by atoms with Crippen LogP contribution in [0.5, 0.6) is 0 Å². The van der Waals surface area contributed by atoms with Crippen LogP contribution in [-0.2, 0) is 4.74 Å². The van der Waals surface area contributed by atoms with Crippen LogP contribution in [0.25, 0.3) is 0 Å². The first-order chi connectivity index (χ1) is 8.68. The van der Waals surface area contributed by atoms with E-state index in [-0.39, 0.29) is 5.60 Å². The normalized spacial score (nSPS) is 23.3. The van der Waals surface area contributed by atoms with Crippen molar-refractivity contribution in [1.29, 1.82) is 0 Å². The highest BCUT2D eigenvalue weighted by Gasteiger charge is 2.39. The monoisotopic (exact) mass is 256 g/mol. The Morgan fingerprint density at radius 2 is 1.83 bits per heavy atom. The Morgan fingerprint density at radius 1 is 1.22 bits per heavy atom. The Morgan fingerprint density at radius 3 is 2.28 bits per heavy atom. The molecule has 2 unspecified atom stereocenters. The molecule has 0 saturated heterocycles. The molecule has 0 bridgehead atoms. The Labute approximate surface area is 113 Å². The third-order valence-corrected chi connectivity index (χ3v) is 4.61. The van der Waals surface area contributed by atoms with Crippen molar-refractivity contribution in [3.05, 3.63) is 0 Å². The summed E-state index contributed by atoms with van der Waals surface area (Å²) in [6.07, 6.45) is 11.2. The minimum Gasteiger partial charge on any atom is -0.377 e. The zero-order valence-electron chi connectivity index (χ0n) is 12.5. The summed E-state index contributed by atoms with van der Waals surface area (Å²) < 4.78 is 5.95. The van der Waals surface area contributed by atoms with Gasteiger partial charge in [-0.15, -0.1) is 0 Å². The van der Waals surface area contributed by atoms with Crippen LogP contribution in [0.4, 0.5) is 0 Å². The molecule has 0 radical (unpaired) electrons. The predicted octanol–water partition coefficient (Wildman–Crippen LogP) is 3.38. The van der Waals surface area contributed by atoms with Crippen LogP contribution in [0.2, 0.25) is 0 Å². The summed E-state index contributed by atoms with van der Waals surface area (Å²) in [5, 5.41) is 0. The molecule has 1 rings (SSSR count). The fourth-order valence-corrected chi connectivity index (χ4v) is 3.47. The van der Waals surface area contributed by atoms with Gasteiger partial charge in [-0.1, -0.05) is 52.4 Å². The molecule has 0 heterocycles. The largest absolute Gasteiger partial charge is 0.377 e. The van der Waals surface area contributed by atoms with Crippen molar-refractivity contribution in [1.82, 2.24) is 5.43 Å². The molecular weight excluding hydrogens is 224 g/mol. The molecule has 3 nitrogen and oxygen atoms in total. The van der Waals surface area contributed by atoms with E-state index in [0.29, 0.717) is 12.0 Å². The van der Waals surface area contributed by atoms with Gasteiger partial charge in [-0.05, 0) is 25.2 Å². The number of hydrogen-bond acceptors (Lipinski definition) is 3. The second kappa shape index (κ2) is 8.13. The summed E-state index contributed by atoms with van der Waals surface area (Å²) in [5.41, 5.74) is 3.02. The molecule has 0 aromatic carbocycles. The van der Waals surface area contributed by atoms with Gasteiger partial charge in [0.05, 0.1) is 11.6 Å². The Bertz CT molecular complexity index is 213. The fourth-order valence-electron chi connectivity index (χ4n) is 3.47. The van der Waals surface area contributed by atoms with Crippen molar-refractivity contribution in [2.75, 3.05) is 7.11 Å². The topological polar surface area (TPSA) is 47.3 Å². The van der Waals surface area contributed by atoms with Gasteiger partial charge in [0.2, 0.25) is 0 Å². The van der Waals surface area contributed by atoms with E-state index in [2.05, 4.69) is 19.3 Å². The molecular formula is C15H32N2O. The van der Waals surface area contributed by atoms with Gasteiger partial charge in [0.1, 0.15) is 0 Å². The standard InChI is InChI=1S/C15H32N2O/c1-4-9-13(2)12-14(17-16)15(18-3)10-7-5-6-8-11-15/h13-14,17H,4-12,16H2,1-3H3. The van der Waals surface area contributed by atoms with Crippen LogP contribution < -0.4 is 11.3 Å². The Kier molecular flexibility index (Phi) is 7.20. The second-order valence-electron chi connectivity index (χ2n) is 6.03. The molecule has 3 heteroatoms. The number of hydrazine groups is 1. The molecule has 1 aliphatic carbocycles. The van der Waals surface area contributed by atoms with Gasteiger partial charge in [-0.25, -0.2) is 0 Å². The van der Waals surface area contributed by atoms with Crippen molar-refractivity contribution in [2.45, 2.75) is 83.3 Å². The molecule has 0 aromatic heterocycles. The zero-order chi connectivity index (χ0) is 13.4. The average Bonchev–Trinajstić information content (AvgIpc) is 2.62. The summed E-state index contributed by atoms with van der Waals surface area (Å²) >= 11 is 0. The summed E-state index contributed by atoms with van der Waals surface area (Å²) in [5.74, 6) is 6.54. The first-order valence-corrected chi connectivity index (χ1v) is 7.69. The van der Waals surface area contributed by atoms with E-state index in [1.165, 1.54) is 38.5 Å². The van der Waals surface area contributed by atoms with E-state index in [4.69, 9.17) is 10.6 Å². The molecule has 2 atom stereocenters. The van der Waals surface area contributed by atoms with Crippen LogP contribution in [0.15, 0.2) is 0 Å². The molecule has 1 fully saturated rings. The van der Waals surface area contributed by atoms with E-state index in [1.54, 1.807) is 0 Å². The molecule has 3 N–H and O–H groups in total. The summed E-state index contributed by atoms with van der Waals surface area (Å²) in [7, 11) is 1.86. The van der Waals surface area contributed by atoms with Crippen LogP contribution >= 0.6 is 0 Å². The van der Waals surface area contributed by atoms with Gasteiger partial charge in [0.25, 0.3) is 0 Å². The van der Waals surface area contributed by atoms with Crippen LogP contribution in [0.1, 0.15) is 71.6 Å². The van der Waals surface area contributed by atoms with Gasteiger partial charge in [0.15, 0.2) is 0 Å². The van der Waals surface area contributed by atoms with E-state index in [9.17, 15) is 0 Å². The van der Waals surface area contributed by atoms with Crippen molar-refractivity contribution in [3.63, 3.8) is 0 Å². The van der Waals surface area contributed by atoms with Crippen LogP contribution in [-0.4, -0.2) is 18.8 Å². The Hall–Kier alpha value is -0.120. The van der Waals surface area contributed by atoms with Crippen molar-refractivity contribution >= 4 is 0 Å². The highest BCUT2D eigenvalue weighted by Crippen LogP contribution is 2.35. The lowest BCUT2D eigenvalue weighted by Gasteiger charge is -2.40. The predicted molar refractivity (Wildman–Crippen MR) is 77.2 cm³/mol. The Balaban J connectivity index is 2.68. The number of nitrogens with two attached hydrogens (primary N) is 1. The average molecular weight is 256 g/mol. The van der Waals surface area contributed by atoms with Crippen LogP contribution in [0.3, 0.4) is 0 Å². The minimum absolute atomic E-state index is 0.0345. The number of hydrogen-bond donors (Lipinski definition) is 2. The van der Waals surface area contributed by atoms with E-state index in [1.807, 2.05) is 7.11 Å². The SMILES string of the molecule is CCCC(C)CC(NN)C1(OC)CCCCCC1. The lowest BCUT2D eigenvalue weighted by Crippen LogP contribution is -2.55. The minimum atomic E-state index is -0.0345. The fraction of sp³-hybridized carbons (Fsp3) is 1.00. The van der Waals surface area contributed by atoms with Gasteiger partial charge in [-0.2, -0.15) is 0 Å². The molecule has 0 amide bonds. The molecule has 0 aromatic rings. The number of methoxy groups -OCH3 is 1. The van der Waals surface area contributed by atoms with E-state index < -0.39 is 0 Å². The molecule has 108 valence electrons. The third kappa shape index (κ3) is 4.22. The number of ether oxygens (including phenoxy) is 1. The van der Waals surface area contributed by atoms with Gasteiger partial charge >= 0.3 is 0 Å². The van der Waals surface area contributed by atoms with Crippen molar-refractivity contribution in [2.24, 2.45) is 11.8 Å². The number of nitrogens with one attached hydrogen (secondary N) is 1. The van der Waals surface area contributed by atoms with Crippen LogP contribution in [0, 0.1) is 5.92 Å². The first kappa shape index (κ1) is 15.9. The highest BCUT2D eigenvalue weighted by atomic mass is 16.5. The maximum absolute atomic E-state index is 5.95. The smallest absolute Gasteiger partial charge is 0.0844 e. The maximum Gasteiger partial charge on any atom is 0.0844 e. The molecule has 1 saturated carbocycles. The van der Waals surface area contributed by atoms with Crippen molar-refractivity contribution < 1.29 is 4.74 Å². The number of rotatable bonds is 7. The summed E-state index contributed by atoms with van der Waals surface area (Å²) in [4.78, 5) is 0. The second-order valence-corrected chi connectivity index (χ2v) is 6.03. The third-order valence-electron chi connectivity index (χ3n) is 4.61. The molecule has 0 spiro atoms. The lowest BCUT2D eigenvalue weighted by molar-refractivity contribution is -0.0581. The van der Waals surface area contributed by atoms with Gasteiger partial charge < -0.3 is 4.74 Å². The maximum atomic E-state index is 5.95. The quantitative estimate of drug-likeness (QED) is 0.417. The summed E-state index contributed by atoms with van der Waals surface area (Å²) in [6.45, 7) is 4.58.